The molecule has 1 aliphatic carbocycles. The third kappa shape index (κ3) is 11.3. The predicted molar refractivity (Wildman–Crippen MR) is 191 cm³/mol. The van der Waals surface area contributed by atoms with E-state index in [0.717, 1.165) is 44.9 Å². The highest BCUT2D eigenvalue weighted by molar-refractivity contribution is 6.02. The summed E-state index contributed by atoms with van der Waals surface area (Å²) in [6.45, 7) is 6.68. The maximum atomic E-state index is 14.4. The molecule has 0 aromatic heterocycles. The van der Waals surface area contributed by atoms with Crippen LogP contribution in [0.2, 0.25) is 0 Å². The lowest BCUT2D eigenvalue weighted by Gasteiger charge is -2.36. The molecular formula is C37H55N5O7. The van der Waals surface area contributed by atoms with Crippen LogP contribution in [0.4, 0.5) is 21.0 Å². The Balaban J connectivity index is 1.55. The number of fused-ring (bicyclic) bond motifs is 1. The number of ether oxygens (including phenoxy) is 3. The van der Waals surface area contributed by atoms with E-state index in [1.807, 2.05) is 13.8 Å². The first-order valence-corrected chi connectivity index (χ1v) is 17.7. The maximum Gasteiger partial charge on any atom is 0.323 e. The Morgan fingerprint density at radius 2 is 1.67 bits per heavy atom. The molecule has 2 aromatic rings. The smallest absolute Gasteiger partial charge is 0.323 e. The molecule has 2 aromatic carbocycles. The van der Waals surface area contributed by atoms with Crippen LogP contribution in [0.5, 0.6) is 11.5 Å². The molecule has 4 rings (SSSR count). The Morgan fingerprint density at radius 1 is 1.00 bits per heavy atom. The molecule has 12 heteroatoms. The van der Waals surface area contributed by atoms with Crippen LogP contribution >= 0.6 is 0 Å². The third-order valence-corrected chi connectivity index (χ3v) is 9.39. The van der Waals surface area contributed by atoms with Gasteiger partial charge in [0.25, 0.3) is 5.91 Å². The van der Waals surface area contributed by atoms with Gasteiger partial charge in [-0.2, -0.15) is 0 Å². The zero-order valence-electron chi connectivity index (χ0n) is 29.7. The molecule has 0 spiro atoms. The maximum absolute atomic E-state index is 14.4. The fraction of sp³-hybridized carbons (Fsp3) is 0.595. The minimum absolute atomic E-state index is 0.116. The Bertz CT molecular complexity index is 1370. The lowest BCUT2D eigenvalue weighted by molar-refractivity contribution is -0.0123. The molecule has 49 heavy (non-hydrogen) atoms. The zero-order valence-corrected chi connectivity index (χ0v) is 29.7. The topological polar surface area (TPSA) is 142 Å². The number of aliphatic hydroxyl groups is 1. The number of carbonyl (C=O) groups is 3. The van der Waals surface area contributed by atoms with E-state index < -0.39 is 12.1 Å². The van der Waals surface area contributed by atoms with E-state index in [9.17, 15) is 19.5 Å². The normalized spacial score (nSPS) is 21.7. The van der Waals surface area contributed by atoms with Crippen molar-refractivity contribution in [3.05, 3.63) is 48.0 Å². The molecule has 1 saturated carbocycles. The summed E-state index contributed by atoms with van der Waals surface area (Å²) in [5.41, 5.74) is 1.27. The van der Waals surface area contributed by atoms with Crippen LogP contribution < -0.4 is 25.4 Å². The van der Waals surface area contributed by atoms with Gasteiger partial charge in [-0.3, -0.25) is 4.79 Å². The van der Waals surface area contributed by atoms with Crippen LogP contribution in [-0.4, -0.2) is 97.6 Å². The predicted octanol–water partition coefficient (Wildman–Crippen LogP) is 6.11. The van der Waals surface area contributed by atoms with E-state index in [2.05, 4.69) is 16.0 Å². The van der Waals surface area contributed by atoms with Gasteiger partial charge in [-0.1, -0.05) is 26.2 Å². The number of likely N-dealkylation sites (N-methyl/N-ethyl adjacent to an activating group) is 1. The summed E-state index contributed by atoms with van der Waals surface area (Å²) in [6.07, 6.45) is 7.39. The fourth-order valence-corrected chi connectivity index (χ4v) is 6.32. The van der Waals surface area contributed by atoms with Crippen molar-refractivity contribution in [2.45, 2.75) is 96.4 Å². The van der Waals surface area contributed by atoms with Gasteiger partial charge in [-0.05, 0) is 88.4 Å². The molecule has 2 aliphatic rings. The van der Waals surface area contributed by atoms with Crippen LogP contribution in [0.15, 0.2) is 42.5 Å². The molecular weight excluding hydrogens is 626 g/mol. The SMILES string of the molecule is COc1ccc(NC(=O)Nc2ccc3c(c2)C(=O)N([C@H](C)CO)C[C@H](C)[C@@H](CN(C)C(=O)NC2CCCCC2)OCCCC[C@H](C)O3)cc1. The van der Waals surface area contributed by atoms with Crippen molar-refractivity contribution >= 4 is 29.3 Å². The third-order valence-electron chi connectivity index (χ3n) is 9.39. The fourth-order valence-electron chi connectivity index (χ4n) is 6.32. The molecule has 4 atom stereocenters. The average molecular weight is 682 g/mol. The molecule has 0 bridgehead atoms. The molecule has 12 nitrogen and oxygen atoms in total. The van der Waals surface area contributed by atoms with Crippen molar-refractivity contribution in [2.75, 3.05) is 51.1 Å². The number of rotatable bonds is 8. The van der Waals surface area contributed by atoms with Gasteiger partial charge < -0.3 is 45.1 Å². The Morgan fingerprint density at radius 3 is 2.37 bits per heavy atom. The van der Waals surface area contributed by atoms with Gasteiger partial charge >= 0.3 is 12.1 Å². The number of methoxy groups -OCH3 is 1. The second kappa shape index (κ2) is 18.7. The average Bonchev–Trinajstić information content (AvgIpc) is 3.10. The Labute approximate surface area is 290 Å². The van der Waals surface area contributed by atoms with Crippen molar-refractivity contribution in [2.24, 2.45) is 5.92 Å². The van der Waals surface area contributed by atoms with Gasteiger partial charge in [0.2, 0.25) is 0 Å². The second-order valence-corrected chi connectivity index (χ2v) is 13.5. The van der Waals surface area contributed by atoms with Gasteiger partial charge in [-0.25, -0.2) is 9.59 Å². The quantitative estimate of drug-likeness (QED) is 0.264. The Hall–Kier alpha value is -4.03. The van der Waals surface area contributed by atoms with E-state index in [1.54, 1.807) is 73.3 Å². The standard InChI is InChI=1S/C37H55N5O7/c1-25-22-42(26(2)24-43)35(44)32-21-30(39-36(45)38-29-14-17-31(47-5)18-15-29)16-19-33(32)49-27(3)11-9-10-20-48-34(25)23-41(4)37(46)40-28-12-7-6-8-13-28/h14-19,21,25-28,34,43H,6-13,20,22-24H2,1-5H3,(H,40,46)(H2,38,39,45)/t25-,26+,27-,34+/m0/s1. The summed E-state index contributed by atoms with van der Waals surface area (Å²) < 4.78 is 17.9. The number of aliphatic hydroxyl groups excluding tert-OH is 1. The van der Waals surface area contributed by atoms with Gasteiger partial charge in [0.1, 0.15) is 11.5 Å². The molecule has 270 valence electrons. The Kier molecular flexibility index (Phi) is 14.4. The van der Waals surface area contributed by atoms with E-state index in [-0.39, 0.29) is 54.8 Å². The summed E-state index contributed by atoms with van der Waals surface area (Å²) in [4.78, 5) is 43.7. The number of carbonyl (C=O) groups excluding carboxylic acids is 3. The minimum Gasteiger partial charge on any atom is -0.497 e. The molecule has 0 saturated heterocycles. The monoisotopic (exact) mass is 681 g/mol. The lowest BCUT2D eigenvalue weighted by Crippen LogP contribution is -2.50. The number of hydrogen-bond acceptors (Lipinski definition) is 7. The van der Waals surface area contributed by atoms with Gasteiger partial charge in [-0.15, -0.1) is 0 Å². The van der Waals surface area contributed by atoms with E-state index >= 15 is 0 Å². The van der Waals surface area contributed by atoms with Crippen molar-refractivity contribution in [1.82, 2.24) is 15.1 Å². The summed E-state index contributed by atoms with van der Waals surface area (Å²) in [7, 11) is 3.36. The molecule has 1 aliphatic heterocycles. The van der Waals surface area contributed by atoms with Crippen LogP contribution in [0.3, 0.4) is 0 Å². The van der Waals surface area contributed by atoms with Gasteiger partial charge in [0, 0.05) is 50.1 Å². The number of anilines is 2. The second-order valence-electron chi connectivity index (χ2n) is 13.5. The van der Waals surface area contributed by atoms with E-state index in [1.165, 1.54) is 6.42 Å². The summed E-state index contributed by atoms with van der Waals surface area (Å²) >= 11 is 0. The molecule has 4 N–H and O–H groups in total. The lowest BCUT2D eigenvalue weighted by atomic mass is 9.96. The number of nitrogens with one attached hydrogen (secondary N) is 3. The van der Waals surface area contributed by atoms with Gasteiger partial charge in [0.15, 0.2) is 0 Å². The highest BCUT2D eigenvalue weighted by Gasteiger charge is 2.31. The molecule has 1 fully saturated rings. The van der Waals surface area contributed by atoms with Crippen LogP contribution in [0, 0.1) is 5.92 Å². The molecule has 0 unspecified atom stereocenters. The summed E-state index contributed by atoms with van der Waals surface area (Å²) in [6, 6.07) is 11.1. The number of urea groups is 2. The minimum atomic E-state index is -0.518. The van der Waals surface area contributed by atoms with Crippen molar-refractivity contribution in [1.29, 1.82) is 0 Å². The van der Waals surface area contributed by atoms with Crippen LogP contribution in [0.25, 0.3) is 0 Å². The molecule has 5 amide bonds. The summed E-state index contributed by atoms with van der Waals surface area (Å²) in [5, 5.41) is 19.0. The van der Waals surface area contributed by atoms with Crippen LogP contribution in [-0.2, 0) is 4.74 Å². The number of benzene rings is 2. The van der Waals surface area contributed by atoms with Crippen molar-refractivity contribution < 1.29 is 33.7 Å². The first-order valence-electron chi connectivity index (χ1n) is 17.7. The highest BCUT2D eigenvalue weighted by atomic mass is 16.5. The first kappa shape index (κ1) is 37.8. The molecule has 1 heterocycles. The number of amides is 5. The van der Waals surface area contributed by atoms with Crippen molar-refractivity contribution in [3.63, 3.8) is 0 Å². The first-order chi connectivity index (χ1) is 23.6. The van der Waals surface area contributed by atoms with Gasteiger partial charge in [0.05, 0.1) is 37.5 Å². The largest absolute Gasteiger partial charge is 0.497 e. The van der Waals surface area contributed by atoms with Crippen molar-refractivity contribution in [3.8, 4) is 11.5 Å². The number of nitrogens with zero attached hydrogens (tertiary/aromatic N) is 2. The number of hydrogen-bond donors (Lipinski definition) is 4. The summed E-state index contributed by atoms with van der Waals surface area (Å²) in [5.74, 6) is 0.566. The zero-order chi connectivity index (χ0) is 35.3. The molecule has 0 radical (unpaired) electrons. The highest BCUT2D eigenvalue weighted by Crippen LogP contribution is 2.29. The van der Waals surface area contributed by atoms with E-state index in [0.29, 0.717) is 36.0 Å². The van der Waals surface area contributed by atoms with E-state index in [4.69, 9.17) is 14.2 Å². The van der Waals surface area contributed by atoms with Crippen LogP contribution in [0.1, 0.15) is 82.5 Å².